The topological polar surface area (TPSA) is 65.1 Å². The first-order valence-corrected chi connectivity index (χ1v) is 9.44. The highest BCUT2D eigenvalue weighted by molar-refractivity contribution is 6.06. The minimum Gasteiger partial charge on any atom is -0.372 e. The second kappa shape index (κ2) is 7.02. The number of H-pyrrole nitrogens is 1. The summed E-state index contributed by atoms with van der Waals surface area (Å²) in [5.41, 5.74) is 5.30. The number of hydrogen-bond acceptors (Lipinski definition) is 4. The van der Waals surface area contributed by atoms with Crippen LogP contribution in [-0.4, -0.2) is 46.1 Å². The van der Waals surface area contributed by atoms with Gasteiger partial charge < -0.3 is 9.80 Å². The number of fused-ring (bicyclic) bond motifs is 1. The first-order chi connectivity index (χ1) is 13.0. The maximum absolute atomic E-state index is 13.2. The third-order valence-corrected chi connectivity index (χ3v) is 5.21. The van der Waals surface area contributed by atoms with E-state index < -0.39 is 0 Å². The van der Waals surface area contributed by atoms with Gasteiger partial charge in [-0.15, -0.1) is 0 Å². The molecule has 2 aromatic heterocycles. The Balaban J connectivity index is 1.58. The number of nitrogens with one attached hydrogen (secondary N) is 1. The molecule has 0 saturated carbocycles. The summed E-state index contributed by atoms with van der Waals surface area (Å²) in [6.07, 6.45) is 2.51. The van der Waals surface area contributed by atoms with Crippen molar-refractivity contribution in [3.8, 4) is 0 Å². The lowest BCUT2D eigenvalue weighted by Gasteiger charge is -2.21. The molecule has 6 nitrogen and oxygen atoms in total. The average Bonchev–Trinajstić information content (AvgIpc) is 3.31. The molecule has 1 aliphatic rings. The number of aryl methyl sites for hydroxylation is 2. The predicted molar refractivity (Wildman–Crippen MR) is 107 cm³/mol. The molecule has 0 aliphatic carbocycles. The lowest BCUT2D eigenvalue weighted by molar-refractivity contribution is 0.0787. The smallest absolute Gasteiger partial charge is 0.254 e. The van der Waals surface area contributed by atoms with Gasteiger partial charge in [0.1, 0.15) is 0 Å². The highest BCUT2D eigenvalue weighted by atomic mass is 16.2. The summed E-state index contributed by atoms with van der Waals surface area (Å²) in [5.74, 6) is -0.0124. The summed E-state index contributed by atoms with van der Waals surface area (Å²) in [6, 6.07) is 10.4. The van der Waals surface area contributed by atoms with Crippen LogP contribution in [0.15, 0.2) is 30.3 Å². The van der Waals surface area contributed by atoms with E-state index in [1.807, 2.05) is 27.0 Å². The fourth-order valence-electron chi connectivity index (χ4n) is 3.85. The first kappa shape index (κ1) is 17.5. The maximum atomic E-state index is 13.2. The van der Waals surface area contributed by atoms with E-state index in [1.165, 1.54) is 18.5 Å². The summed E-state index contributed by atoms with van der Waals surface area (Å²) < 4.78 is 0. The average molecular weight is 363 g/mol. The number of benzene rings is 1. The van der Waals surface area contributed by atoms with Gasteiger partial charge >= 0.3 is 0 Å². The van der Waals surface area contributed by atoms with Crippen molar-refractivity contribution in [3.63, 3.8) is 0 Å². The number of amides is 1. The van der Waals surface area contributed by atoms with E-state index >= 15 is 0 Å². The zero-order valence-corrected chi connectivity index (χ0v) is 16.1. The Morgan fingerprint density at radius 3 is 2.78 bits per heavy atom. The summed E-state index contributed by atoms with van der Waals surface area (Å²) >= 11 is 0. The lowest BCUT2D eigenvalue weighted by Crippen LogP contribution is -2.27. The Bertz CT molecular complexity index is 987. The molecule has 140 valence electrons. The second-order valence-corrected chi connectivity index (χ2v) is 7.38. The number of hydrogen-bond donors (Lipinski definition) is 1. The summed E-state index contributed by atoms with van der Waals surface area (Å²) in [4.78, 5) is 21.8. The van der Waals surface area contributed by atoms with Crippen LogP contribution in [0.3, 0.4) is 0 Å². The van der Waals surface area contributed by atoms with E-state index in [2.05, 4.69) is 44.3 Å². The molecule has 4 rings (SSSR count). The van der Waals surface area contributed by atoms with Crippen molar-refractivity contribution in [2.45, 2.75) is 33.2 Å². The molecule has 1 aliphatic heterocycles. The Kier molecular flexibility index (Phi) is 4.56. The number of aromatic nitrogens is 3. The molecule has 1 fully saturated rings. The molecule has 0 unspecified atom stereocenters. The number of rotatable bonds is 4. The number of carbonyl (C=O) groups is 1. The van der Waals surface area contributed by atoms with Crippen LogP contribution in [0.5, 0.6) is 0 Å². The first-order valence-electron chi connectivity index (χ1n) is 9.44. The van der Waals surface area contributed by atoms with Gasteiger partial charge in [-0.3, -0.25) is 9.89 Å². The van der Waals surface area contributed by atoms with Gasteiger partial charge in [0.15, 0.2) is 5.65 Å². The van der Waals surface area contributed by atoms with E-state index in [0.29, 0.717) is 17.8 Å². The van der Waals surface area contributed by atoms with Crippen molar-refractivity contribution in [1.82, 2.24) is 20.1 Å². The summed E-state index contributed by atoms with van der Waals surface area (Å²) in [7, 11) is 1.85. The van der Waals surface area contributed by atoms with Crippen molar-refractivity contribution in [1.29, 1.82) is 0 Å². The second-order valence-electron chi connectivity index (χ2n) is 7.38. The monoisotopic (exact) mass is 363 g/mol. The Morgan fingerprint density at radius 2 is 2.00 bits per heavy atom. The highest BCUT2D eigenvalue weighted by Crippen LogP contribution is 2.24. The zero-order valence-electron chi connectivity index (χ0n) is 16.1. The molecule has 0 bridgehead atoms. The van der Waals surface area contributed by atoms with Crippen molar-refractivity contribution in [3.05, 3.63) is 52.8 Å². The van der Waals surface area contributed by atoms with Crippen molar-refractivity contribution >= 4 is 22.6 Å². The minimum atomic E-state index is -0.0124. The Morgan fingerprint density at radius 1 is 1.22 bits per heavy atom. The van der Waals surface area contributed by atoms with Gasteiger partial charge in [-0.1, -0.05) is 12.1 Å². The minimum absolute atomic E-state index is 0.0124. The molecule has 1 aromatic carbocycles. The van der Waals surface area contributed by atoms with Gasteiger partial charge in [0.25, 0.3) is 5.91 Å². The molecule has 0 atom stereocenters. The van der Waals surface area contributed by atoms with E-state index in [0.717, 1.165) is 35.4 Å². The highest BCUT2D eigenvalue weighted by Gasteiger charge is 2.20. The van der Waals surface area contributed by atoms with Crippen LogP contribution >= 0.6 is 0 Å². The van der Waals surface area contributed by atoms with Crippen LogP contribution in [0, 0.1) is 13.8 Å². The van der Waals surface area contributed by atoms with E-state index in [-0.39, 0.29) is 5.91 Å². The van der Waals surface area contributed by atoms with Crippen LogP contribution in [0.2, 0.25) is 0 Å². The number of carbonyl (C=O) groups excluding carboxylic acids is 1. The van der Waals surface area contributed by atoms with Crippen LogP contribution in [0.4, 0.5) is 5.69 Å². The standard InChI is InChI=1S/C21H25N5O/c1-14-11-18(19-15(2)23-24-20(19)22-14)21(27)25(3)13-16-7-6-8-17(12-16)26-9-4-5-10-26/h6-8,11-12H,4-5,9-10,13H2,1-3H3,(H,22,23,24). The van der Waals surface area contributed by atoms with Crippen molar-refractivity contribution in [2.24, 2.45) is 0 Å². The van der Waals surface area contributed by atoms with Gasteiger partial charge in [-0.25, -0.2) is 4.98 Å². The van der Waals surface area contributed by atoms with Gasteiger partial charge in [-0.2, -0.15) is 5.10 Å². The fraction of sp³-hybridized carbons (Fsp3) is 0.381. The van der Waals surface area contributed by atoms with Crippen LogP contribution in [0.1, 0.15) is 40.2 Å². The quantitative estimate of drug-likeness (QED) is 0.771. The fourth-order valence-corrected chi connectivity index (χ4v) is 3.85. The number of nitrogens with zero attached hydrogens (tertiary/aromatic N) is 4. The number of anilines is 1. The molecule has 0 spiro atoms. The third-order valence-electron chi connectivity index (χ3n) is 5.21. The molecule has 1 amide bonds. The molecule has 1 N–H and O–H groups in total. The molecule has 3 aromatic rings. The molecule has 1 saturated heterocycles. The predicted octanol–water partition coefficient (Wildman–Crippen LogP) is 3.45. The summed E-state index contributed by atoms with van der Waals surface area (Å²) in [6.45, 7) is 6.61. The zero-order chi connectivity index (χ0) is 19.0. The summed E-state index contributed by atoms with van der Waals surface area (Å²) in [5, 5.41) is 7.96. The van der Waals surface area contributed by atoms with Gasteiger partial charge in [-0.05, 0) is 50.5 Å². The third kappa shape index (κ3) is 3.39. The van der Waals surface area contributed by atoms with E-state index in [1.54, 1.807) is 4.90 Å². The molecule has 6 heteroatoms. The molecular weight excluding hydrogens is 338 g/mol. The molecule has 27 heavy (non-hydrogen) atoms. The van der Waals surface area contributed by atoms with Crippen molar-refractivity contribution < 1.29 is 4.79 Å². The van der Waals surface area contributed by atoms with Crippen LogP contribution < -0.4 is 4.90 Å². The van der Waals surface area contributed by atoms with Crippen molar-refractivity contribution in [2.75, 3.05) is 25.0 Å². The number of pyridine rings is 1. The lowest BCUT2D eigenvalue weighted by atomic mass is 10.1. The molecule has 3 heterocycles. The Labute approximate surface area is 159 Å². The largest absolute Gasteiger partial charge is 0.372 e. The van der Waals surface area contributed by atoms with Gasteiger partial charge in [0.05, 0.1) is 10.9 Å². The Hall–Kier alpha value is -2.89. The number of aromatic amines is 1. The van der Waals surface area contributed by atoms with Gasteiger partial charge in [0, 0.05) is 43.8 Å². The van der Waals surface area contributed by atoms with Crippen LogP contribution in [-0.2, 0) is 6.54 Å². The molecular formula is C21H25N5O. The normalized spacial score (nSPS) is 14.1. The molecule has 0 radical (unpaired) electrons. The van der Waals surface area contributed by atoms with Crippen LogP contribution in [0.25, 0.3) is 11.0 Å². The SMILES string of the molecule is Cc1cc(C(=O)N(C)Cc2cccc(N3CCCC3)c2)c2c(C)[nH]nc2n1. The van der Waals surface area contributed by atoms with Gasteiger partial charge in [0.2, 0.25) is 0 Å². The van der Waals surface area contributed by atoms with E-state index in [4.69, 9.17) is 0 Å². The maximum Gasteiger partial charge on any atom is 0.254 e. The van der Waals surface area contributed by atoms with E-state index in [9.17, 15) is 4.79 Å².